The van der Waals surface area contributed by atoms with Gasteiger partial charge in [-0.3, -0.25) is 11.7 Å². The van der Waals surface area contributed by atoms with Crippen LogP contribution in [0.15, 0.2) is 26.3 Å². The summed E-state index contributed by atoms with van der Waals surface area (Å²) in [5, 5.41) is 1.32. The Morgan fingerprint density at radius 1 is 0.889 bits per heavy atom. The van der Waals surface area contributed by atoms with Crippen molar-refractivity contribution >= 4 is 0 Å². The van der Waals surface area contributed by atoms with E-state index < -0.39 is 0 Å². The highest BCUT2D eigenvalue weighted by Gasteiger charge is 2.19. The van der Waals surface area contributed by atoms with Gasteiger partial charge in [-0.2, -0.15) is 5.12 Å². The molecule has 110 valence electrons. The Morgan fingerprint density at radius 3 is 1.61 bits per heavy atom. The smallest absolute Gasteiger partial charge is 0.0421 e. The standard InChI is InChI=1S/C9H25N5.2C2H4/c1-8(4-2-6-10)9(14(12)13)5-3-7-11;2*1-2/h8-9H,2-7,10-13H2,1H3;2*1-2H2. The normalized spacial score (nSPS) is 12.8. The second-order valence-corrected chi connectivity index (χ2v) is 3.85. The van der Waals surface area contributed by atoms with E-state index in [4.69, 9.17) is 23.2 Å². The van der Waals surface area contributed by atoms with Crippen LogP contribution in [-0.4, -0.2) is 24.2 Å². The van der Waals surface area contributed by atoms with Crippen molar-refractivity contribution in [3.63, 3.8) is 0 Å². The molecule has 5 nitrogen and oxygen atoms in total. The number of hydrazine groups is 2. The van der Waals surface area contributed by atoms with E-state index in [9.17, 15) is 0 Å². The van der Waals surface area contributed by atoms with E-state index in [1.54, 1.807) is 0 Å². The molecule has 0 aliphatic carbocycles. The van der Waals surface area contributed by atoms with Gasteiger partial charge in [0.25, 0.3) is 0 Å². The van der Waals surface area contributed by atoms with E-state index >= 15 is 0 Å². The molecule has 0 fully saturated rings. The molecule has 2 atom stereocenters. The largest absolute Gasteiger partial charge is 0.330 e. The highest BCUT2D eigenvalue weighted by molar-refractivity contribution is 4.71. The van der Waals surface area contributed by atoms with Crippen LogP contribution in [0.25, 0.3) is 0 Å². The molecule has 0 radical (unpaired) electrons. The number of rotatable bonds is 8. The third-order valence-corrected chi connectivity index (χ3v) is 2.61. The molecule has 0 aliphatic rings. The van der Waals surface area contributed by atoms with Gasteiger partial charge >= 0.3 is 0 Å². The molecule has 0 amide bonds. The van der Waals surface area contributed by atoms with E-state index in [2.05, 4.69) is 33.2 Å². The van der Waals surface area contributed by atoms with Crippen LogP contribution < -0.4 is 23.2 Å². The third-order valence-electron chi connectivity index (χ3n) is 2.61. The average molecular weight is 259 g/mol. The predicted molar refractivity (Wildman–Crippen MR) is 82.3 cm³/mol. The SMILES string of the molecule is C=C.C=C.CC(CCCN)C(CCCN)N(N)N. The molecule has 0 spiro atoms. The first-order valence-electron chi connectivity index (χ1n) is 6.32. The van der Waals surface area contributed by atoms with Gasteiger partial charge < -0.3 is 11.5 Å². The minimum atomic E-state index is 0.213. The average Bonchev–Trinajstić information content (AvgIpc) is 2.41. The van der Waals surface area contributed by atoms with Crippen molar-refractivity contribution in [3.8, 4) is 0 Å². The van der Waals surface area contributed by atoms with Gasteiger partial charge in [0.1, 0.15) is 0 Å². The van der Waals surface area contributed by atoms with E-state index in [-0.39, 0.29) is 6.04 Å². The number of hydrogen-bond donors (Lipinski definition) is 4. The Morgan fingerprint density at radius 2 is 1.28 bits per heavy atom. The molecule has 2 unspecified atom stereocenters. The first kappa shape index (κ1) is 22.5. The van der Waals surface area contributed by atoms with Crippen molar-refractivity contribution in [1.29, 1.82) is 0 Å². The lowest BCUT2D eigenvalue weighted by atomic mass is 9.93. The molecule has 0 aromatic heterocycles. The van der Waals surface area contributed by atoms with Crippen molar-refractivity contribution < 1.29 is 0 Å². The molecule has 0 aliphatic heterocycles. The Hall–Kier alpha value is -0.720. The van der Waals surface area contributed by atoms with Crippen molar-refractivity contribution in [2.75, 3.05) is 13.1 Å². The summed E-state index contributed by atoms with van der Waals surface area (Å²) in [6.07, 6.45) is 4.00. The van der Waals surface area contributed by atoms with Crippen LogP contribution in [0.5, 0.6) is 0 Å². The molecule has 18 heavy (non-hydrogen) atoms. The van der Waals surface area contributed by atoms with Gasteiger partial charge in [-0.15, -0.1) is 26.3 Å². The number of hydrogen-bond acceptors (Lipinski definition) is 5. The van der Waals surface area contributed by atoms with Crippen molar-refractivity contribution in [1.82, 2.24) is 5.12 Å². The van der Waals surface area contributed by atoms with Gasteiger partial charge in [-0.05, 0) is 44.7 Å². The van der Waals surface area contributed by atoms with Gasteiger partial charge in [0.15, 0.2) is 0 Å². The molecule has 0 aromatic rings. The van der Waals surface area contributed by atoms with E-state index in [0.717, 1.165) is 32.2 Å². The van der Waals surface area contributed by atoms with Crippen LogP contribution in [0.4, 0.5) is 0 Å². The Kier molecular flexibility index (Phi) is 23.3. The quantitative estimate of drug-likeness (QED) is 0.297. The maximum absolute atomic E-state index is 5.59. The number of nitrogens with two attached hydrogens (primary N) is 4. The Balaban J connectivity index is -0.000000506. The van der Waals surface area contributed by atoms with Gasteiger partial charge in [0.2, 0.25) is 0 Å². The summed E-state index contributed by atoms with van der Waals surface area (Å²) >= 11 is 0. The minimum absolute atomic E-state index is 0.213. The summed E-state index contributed by atoms with van der Waals surface area (Å²) in [6, 6.07) is 0.213. The molecule has 0 aromatic carbocycles. The molecule has 0 bridgehead atoms. The van der Waals surface area contributed by atoms with Crippen LogP contribution in [0.3, 0.4) is 0 Å². The maximum Gasteiger partial charge on any atom is 0.0421 e. The monoisotopic (exact) mass is 259 g/mol. The maximum atomic E-state index is 5.59. The molecule has 0 rings (SSSR count). The summed E-state index contributed by atoms with van der Waals surface area (Å²) in [7, 11) is 0. The van der Waals surface area contributed by atoms with Crippen LogP contribution in [0, 0.1) is 5.92 Å². The van der Waals surface area contributed by atoms with Crippen molar-refractivity contribution in [2.24, 2.45) is 29.1 Å². The van der Waals surface area contributed by atoms with Gasteiger partial charge in [-0.1, -0.05) is 6.92 Å². The molecule has 0 saturated heterocycles. The predicted octanol–water partition coefficient (Wildman–Crippen LogP) is 1.12. The molecule has 8 N–H and O–H groups in total. The summed E-state index contributed by atoms with van der Waals surface area (Å²) in [5.41, 5.74) is 10.9. The number of nitrogens with zero attached hydrogens (tertiary/aromatic N) is 1. The van der Waals surface area contributed by atoms with Crippen LogP contribution in [0.2, 0.25) is 0 Å². The van der Waals surface area contributed by atoms with Gasteiger partial charge in [-0.25, -0.2) is 0 Å². The zero-order valence-electron chi connectivity index (χ0n) is 12.0. The fourth-order valence-electron chi connectivity index (χ4n) is 1.69. The molecule has 0 heterocycles. The lowest BCUT2D eigenvalue weighted by Gasteiger charge is -2.28. The Bertz CT molecular complexity index is 150. The summed E-state index contributed by atoms with van der Waals surface area (Å²) < 4.78 is 0. The van der Waals surface area contributed by atoms with Crippen LogP contribution >= 0.6 is 0 Å². The zero-order valence-corrected chi connectivity index (χ0v) is 12.0. The fourth-order valence-corrected chi connectivity index (χ4v) is 1.69. The first-order valence-corrected chi connectivity index (χ1v) is 6.32. The summed E-state index contributed by atoms with van der Waals surface area (Å²) in [5.74, 6) is 11.7. The topological polar surface area (TPSA) is 107 Å². The van der Waals surface area contributed by atoms with Crippen molar-refractivity contribution in [2.45, 2.75) is 38.6 Å². The highest BCUT2D eigenvalue weighted by Crippen LogP contribution is 2.16. The molecular formula is C13H33N5. The molecule has 0 saturated carbocycles. The lowest BCUT2D eigenvalue weighted by Crippen LogP contribution is -2.49. The van der Waals surface area contributed by atoms with E-state index in [0.29, 0.717) is 12.5 Å². The van der Waals surface area contributed by atoms with Gasteiger partial charge in [0.05, 0.1) is 0 Å². The lowest BCUT2D eigenvalue weighted by molar-refractivity contribution is 0.135. The van der Waals surface area contributed by atoms with E-state index in [1.807, 2.05) is 0 Å². The zero-order chi connectivity index (χ0) is 15.0. The van der Waals surface area contributed by atoms with Gasteiger partial charge in [0, 0.05) is 6.04 Å². The van der Waals surface area contributed by atoms with Crippen LogP contribution in [0.1, 0.15) is 32.6 Å². The van der Waals surface area contributed by atoms with Crippen LogP contribution in [-0.2, 0) is 0 Å². The molecular weight excluding hydrogens is 226 g/mol. The Labute approximate surface area is 113 Å². The third kappa shape index (κ3) is 13.3. The second kappa shape index (κ2) is 18.6. The second-order valence-electron chi connectivity index (χ2n) is 3.85. The summed E-state index contributed by atoms with van der Waals surface area (Å²) in [4.78, 5) is 0. The summed E-state index contributed by atoms with van der Waals surface area (Å²) in [6.45, 7) is 15.6. The van der Waals surface area contributed by atoms with Crippen molar-refractivity contribution in [3.05, 3.63) is 26.3 Å². The molecule has 5 heteroatoms. The van der Waals surface area contributed by atoms with E-state index in [1.165, 1.54) is 5.12 Å². The fraction of sp³-hybridized carbons (Fsp3) is 0.692. The highest BCUT2D eigenvalue weighted by atomic mass is 15.6. The minimum Gasteiger partial charge on any atom is -0.330 e. The first-order chi connectivity index (χ1) is 8.63.